The van der Waals surface area contributed by atoms with Crippen LogP contribution >= 0.6 is 0 Å². The maximum absolute atomic E-state index is 12.7. The number of rotatable bonds is 5. The molecular formula is C22H27N3O3. The fourth-order valence-corrected chi connectivity index (χ4v) is 3.90. The first-order valence-corrected chi connectivity index (χ1v) is 9.29. The van der Waals surface area contributed by atoms with Crippen LogP contribution < -0.4 is 0 Å². The Hall–Kier alpha value is -2.73. The van der Waals surface area contributed by atoms with Crippen LogP contribution in [0.5, 0.6) is 0 Å². The molecular weight excluding hydrogens is 354 g/mol. The molecule has 28 heavy (non-hydrogen) atoms. The summed E-state index contributed by atoms with van der Waals surface area (Å²) >= 11 is 0. The average molecular weight is 381 g/mol. The Kier molecular flexibility index (Phi) is 5.26. The van der Waals surface area contributed by atoms with Crippen LogP contribution in [0.2, 0.25) is 0 Å². The number of aromatic nitrogens is 3. The highest BCUT2D eigenvalue weighted by Gasteiger charge is 2.41. The van der Waals surface area contributed by atoms with E-state index in [9.17, 15) is 9.90 Å². The molecule has 0 aliphatic rings. The lowest BCUT2D eigenvalue weighted by atomic mass is 9.72. The highest BCUT2D eigenvalue weighted by molar-refractivity contribution is 5.81. The summed E-state index contributed by atoms with van der Waals surface area (Å²) in [7, 11) is 3.34. The number of carbonyl (C=O) groups excluding carboxylic acids is 1. The van der Waals surface area contributed by atoms with Gasteiger partial charge >= 0.3 is 5.97 Å². The van der Waals surface area contributed by atoms with Gasteiger partial charge in [0.1, 0.15) is 0 Å². The second kappa shape index (κ2) is 7.36. The number of nitrogens with zero attached hydrogens (tertiary/aromatic N) is 3. The molecule has 1 aromatic carbocycles. The summed E-state index contributed by atoms with van der Waals surface area (Å²) in [6, 6.07) is 10.0. The number of aliphatic hydroxyl groups excluding tert-OH is 1. The van der Waals surface area contributed by atoms with Crippen molar-refractivity contribution in [3.8, 4) is 0 Å². The Morgan fingerprint density at radius 2 is 1.93 bits per heavy atom. The van der Waals surface area contributed by atoms with Crippen LogP contribution in [0, 0.1) is 19.3 Å². The number of hydrogen-bond donors (Lipinski definition) is 1. The van der Waals surface area contributed by atoms with E-state index in [4.69, 9.17) is 4.74 Å². The van der Waals surface area contributed by atoms with E-state index in [1.165, 1.54) is 7.11 Å². The molecule has 0 radical (unpaired) electrons. The Labute approximate surface area is 165 Å². The number of esters is 1. The zero-order valence-electron chi connectivity index (χ0n) is 17.3. The van der Waals surface area contributed by atoms with Crippen molar-refractivity contribution >= 4 is 17.0 Å². The van der Waals surface area contributed by atoms with Gasteiger partial charge in [-0.15, -0.1) is 5.10 Å². The zero-order valence-corrected chi connectivity index (χ0v) is 17.3. The molecule has 3 rings (SSSR count). The maximum atomic E-state index is 12.7. The van der Waals surface area contributed by atoms with Crippen molar-refractivity contribution in [3.05, 3.63) is 58.4 Å². The van der Waals surface area contributed by atoms with Crippen molar-refractivity contribution < 1.29 is 14.6 Å². The quantitative estimate of drug-likeness (QED) is 0.686. The van der Waals surface area contributed by atoms with Crippen molar-refractivity contribution in [3.63, 3.8) is 0 Å². The maximum Gasteiger partial charge on any atom is 0.312 e. The van der Waals surface area contributed by atoms with E-state index in [1.807, 2.05) is 63.6 Å². The summed E-state index contributed by atoms with van der Waals surface area (Å²) in [6.07, 6.45) is 0. The van der Waals surface area contributed by atoms with Crippen molar-refractivity contribution in [2.75, 3.05) is 7.11 Å². The highest BCUT2D eigenvalue weighted by Crippen LogP contribution is 2.43. The predicted molar refractivity (Wildman–Crippen MR) is 108 cm³/mol. The molecule has 0 bridgehead atoms. The third-order valence-corrected chi connectivity index (χ3v) is 5.54. The number of methoxy groups -OCH3 is 1. The molecule has 6 nitrogen and oxygen atoms in total. The van der Waals surface area contributed by atoms with Crippen molar-refractivity contribution in [1.29, 1.82) is 0 Å². The first-order valence-electron chi connectivity index (χ1n) is 9.29. The number of fused-ring (bicyclic) bond motifs is 1. The molecule has 0 saturated heterocycles. The van der Waals surface area contributed by atoms with Gasteiger partial charge in [-0.1, -0.05) is 18.2 Å². The van der Waals surface area contributed by atoms with E-state index >= 15 is 0 Å². The Morgan fingerprint density at radius 1 is 1.21 bits per heavy atom. The van der Waals surface area contributed by atoms with Gasteiger partial charge in [-0.05, 0) is 56.5 Å². The first-order chi connectivity index (χ1) is 13.2. The van der Waals surface area contributed by atoms with Gasteiger partial charge in [-0.3, -0.25) is 4.79 Å². The third kappa shape index (κ3) is 3.29. The largest absolute Gasteiger partial charge is 0.469 e. The molecule has 1 N–H and O–H groups in total. The number of carbonyl (C=O) groups is 1. The Bertz CT molecular complexity index is 1040. The molecule has 0 spiro atoms. The smallest absolute Gasteiger partial charge is 0.312 e. The third-order valence-electron chi connectivity index (χ3n) is 5.54. The van der Waals surface area contributed by atoms with E-state index in [0.29, 0.717) is 0 Å². The van der Waals surface area contributed by atoms with E-state index in [1.54, 1.807) is 0 Å². The van der Waals surface area contributed by atoms with Crippen LogP contribution in [-0.4, -0.2) is 33.0 Å². The summed E-state index contributed by atoms with van der Waals surface area (Å²) in [5, 5.41) is 19.2. The Morgan fingerprint density at radius 3 is 2.57 bits per heavy atom. The molecule has 1 unspecified atom stereocenters. The summed E-state index contributed by atoms with van der Waals surface area (Å²) in [6.45, 7) is 7.59. The van der Waals surface area contributed by atoms with Crippen molar-refractivity contribution in [2.45, 2.75) is 40.2 Å². The van der Waals surface area contributed by atoms with Gasteiger partial charge in [-0.2, -0.15) is 5.10 Å². The second-order valence-corrected chi connectivity index (χ2v) is 7.88. The summed E-state index contributed by atoms with van der Waals surface area (Å²) in [4.78, 5) is 12.7. The van der Waals surface area contributed by atoms with Gasteiger partial charge in [0.05, 0.1) is 24.8 Å². The topological polar surface area (TPSA) is 77.2 Å². The zero-order chi connectivity index (χ0) is 20.6. The van der Waals surface area contributed by atoms with Gasteiger partial charge in [0.15, 0.2) is 5.65 Å². The minimum Gasteiger partial charge on any atom is -0.469 e. The van der Waals surface area contributed by atoms with Crippen LogP contribution in [0.15, 0.2) is 30.3 Å². The minimum atomic E-state index is -0.832. The average Bonchev–Trinajstić information content (AvgIpc) is 2.97. The van der Waals surface area contributed by atoms with E-state index in [0.717, 1.165) is 39.1 Å². The van der Waals surface area contributed by atoms with Crippen LogP contribution in [-0.2, 0) is 23.2 Å². The molecule has 0 amide bonds. The second-order valence-electron chi connectivity index (χ2n) is 7.88. The first kappa shape index (κ1) is 20.0. The molecule has 0 aliphatic heterocycles. The van der Waals surface area contributed by atoms with Gasteiger partial charge < -0.3 is 14.4 Å². The standard InChI is InChI=1S/C22H27N3O3/c1-13-7-8-15(10-17(13)12-26)19(22(3,4)21(27)28-6)18-11-16-9-14(2)23-24-20(16)25(18)5/h7-11,19,26H,12H2,1-6H3. The fraction of sp³-hybridized carbons (Fsp3) is 0.409. The minimum absolute atomic E-state index is 0.0508. The van der Waals surface area contributed by atoms with Crippen LogP contribution in [0.1, 0.15) is 47.8 Å². The number of aliphatic hydroxyl groups is 1. The molecule has 6 heteroatoms. The van der Waals surface area contributed by atoms with Gasteiger partial charge in [-0.25, -0.2) is 0 Å². The van der Waals surface area contributed by atoms with Crippen LogP contribution in [0.25, 0.3) is 11.0 Å². The van der Waals surface area contributed by atoms with Gasteiger partial charge in [0.2, 0.25) is 0 Å². The van der Waals surface area contributed by atoms with E-state index in [2.05, 4.69) is 16.3 Å². The van der Waals surface area contributed by atoms with Crippen LogP contribution in [0.4, 0.5) is 0 Å². The Balaban J connectivity index is 2.28. The molecule has 1 atom stereocenters. The molecule has 0 fully saturated rings. The van der Waals surface area contributed by atoms with Gasteiger partial charge in [0, 0.05) is 24.0 Å². The molecule has 0 aliphatic carbocycles. The molecule has 148 valence electrons. The van der Waals surface area contributed by atoms with Gasteiger partial charge in [0.25, 0.3) is 0 Å². The van der Waals surface area contributed by atoms with Crippen LogP contribution in [0.3, 0.4) is 0 Å². The fourth-order valence-electron chi connectivity index (χ4n) is 3.90. The van der Waals surface area contributed by atoms with Crippen molar-refractivity contribution in [2.24, 2.45) is 12.5 Å². The number of benzene rings is 1. The monoisotopic (exact) mass is 381 g/mol. The number of hydrogen-bond acceptors (Lipinski definition) is 5. The summed E-state index contributed by atoms with van der Waals surface area (Å²) in [5.74, 6) is -0.582. The normalized spacial score (nSPS) is 13.0. The molecule has 2 aromatic heterocycles. The molecule has 3 aromatic rings. The summed E-state index contributed by atoms with van der Waals surface area (Å²) < 4.78 is 7.11. The van der Waals surface area contributed by atoms with E-state index < -0.39 is 5.41 Å². The highest BCUT2D eigenvalue weighted by atomic mass is 16.5. The van der Waals surface area contributed by atoms with Crippen molar-refractivity contribution in [1.82, 2.24) is 14.8 Å². The number of aryl methyl sites for hydroxylation is 3. The van der Waals surface area contributed by atoms with E-state index in [-0.39, 0.29) is 18.5 Å². The molecule has 2 heterocycles. The predicted octanol–water partition coefficient (Wildman–Crippen LogP) is 3.41. The lowest BCUT2D eigenvalue weighted by Gasteiger charge is -2.33. The lowest BCUT2D eigenvalue weighted by Crippen LogP contribution is -2.34. The number of ether oxygens (including phenoxy) is 1. The SMILES string of the molecule is COC(=O)C(C)(C)C(c1ccc(C)c(CO)c1)c1cc2cc(C)nnc2n1C. The lowest BCUT2D eigenvalue weighted by molar-refractivity contribution is -0.151. The molecule has 0 saturated carbocycles. The summed E-state index contributed by atoms with van der Waals surface area (Å²) in [5.41, 5.74) is 4.52.